The minimum Gasteiger partial charge on any atom is -0.509 e. The number of ether oxygens (including phenoxy) is 1. The fourth-order valence-electron chi connectivity index (χ4n) is 8.13. The average molecular weight is 965 g/mol. The van der Waals surface area contributed by atoms with Crippen molar-refractivity contribution in [1.29, 1.82) is 0 Å². The molecule has 6 aromatic carbocycles. The van der Waals surface area contributed by atoms with Gasteiger partial charge in [-0.15, -0.1) is 48.1 Å². The molecule has 60 heavy (non-hydrogen) atoms. The van der Waals surface area contributed by atoms with E-state index in [2.05, 4.69) is 192 Å². The quantitative estimate of drug-likeness (QED) is 0.149. The van der Waals surface area contributed by atoms with Crippen LogP contribution in [0.4, 0.5) is 11.4 Å². The molecule has 0 unspecified atom stereocenters. The maximum absolute atomic E-state index is 6.57. The molecule has 0 amide bonds. The summed E-state index contributed by atoms with van der Waals surface area (Å²) in [5, 5.41) is 2.26. The zero-order chi connectivity index (χ0) is 41.1. The molecule has 0 atom stereocenters. The van der Waals surface area contributed by atoms with Gasteiger partial charge in [-0.3, -0.25) is 0 Å². The van der Waals surface area contributed by atoms with E-state index in [1.807, 2.05) is 42.7 Å². The van der Waals surface area contributed by atoms with Gasteiger partial charge in [0.15, 0.2) is 0 Å². The molecule has 2 aromatic heterocycles. The number of nitrogens with zero attached hydrogens (tertiary/aromatic N) is 4. The van der Waals surface area contributed by atoms with Gasteiger partial charge < -0.3 is 19.1 Å². The minimum absolute atomic E-state index is 0. The Hall–Kier alpha value is -5.90. The van der Waals surface area contributed by atoms with E-state index >= 15 is 0 Å². The van der Waals surface area contributed by atoms with E-state index < -0.39 is 0 Å². The number of hydrogen-bond donors (Lipinski definition) is 0. The van der Waals surface area contributed by atoms with Crippen LogP contribution in [0, 0.1) is 32.6 Å². The van der Waals surface area contributed by atoms with E-state index in [-0.39, 0.29) is 31.9 Å². The van der Waals surface area contributed by atoms with E-state index in [9.17, 15) is 0 Å². The van der Waals surface area contributed by atoms with E-state index in [0.717, 1.165) is 44.6 Å². The number of benzene rings is 6. The van der Waals surface area contributed by atoms with Crippen LogP contribution in [-0.4, -0.2) is 9.55 Å². The molecule has 9 rings (SSSR count). The number of aromatic nitrogens is 2. The number of fused-ring (bicyclic) bond motifs is 3. The number of aryl methyl sites for hydroxylation is 2. The number of hydrogen-bond acceptors (Lipinski definition) is 4. The molecule has 5 nitrogen and oxygen atoms in total. The van der Waals surface area contributed by atoms with Crippen LogP contribution >= 0.6 is 0 Å². The maximum Gasteiger partial charge on any atom is 0.136 e. The van der Waals surface area contributed by atoms with Crippen LogP contribution in [0.5, 0.6) is 11.5 Å². The van der Waals surface area contributed by atoms with Crippen LogP contribution in [0.15, 0.2) is 146 Å². The van der Waals surface area contributed by atoms with Gasteiger partial charge in [-0.25, -0.2) is 4.98 Å². The topological polar surface area (TPSA) is 33.5 Å². The first-order valence-electron chi connectivity index (χ1n) is 20.4. The predicted octanol–water partition coefficient (Wildman–Crippen LogP) is 14.0. The summed E-state index contributed by atoms with van der Waals surface area (Å²) in [5.74, 6) is 2.04. The summed E-state index contributed by atoms with van der Waals surface area (Å²) in [4.78, 5) is 9.16. The number of rotatable bonds is 7. The van der Waals surface area contributed by atoms with Crippen molar-refractivity contribution in [3.63, 3.8) is 0 Å². The van der Waals surface area contributed by atoms with Crippen molar-refractivity contribution in [3.05, 3.63) is 187 Å². The van der Waals surface area contributed by atoms with Crippen LogP contribution in [0.25, 0.3) is 49.9 Å². The van der Waals surface area contributed by atoms with E-state index in [1.54, 1.807) is 0 Å². The summed E-state index contributed by atoms with van der Waals surface area (Å²) < 4.78 is 8.80. The predicted molar refractivity (Wildman–Crippen MR) is 245 cm³/mol. The SMILES string of the molecule is Cc1cc(C(C)(C)C)cc(C)c1-c1ccnc(-n2c3[c-]c(Oc4[c-]c(N5C=CN(c6cccc(-c7ccccc7)c6)[CH-]5)ccc4)ccc3c3cc(C(C)(C)C)ccc32)c1.[Pt]. The zero-order valence-corrected chi connectivity index (χ0v) is 37.7. The largest absolute Gasteiger partial charge is 0.509 e. The molecule has 0 saturated heterocycles. The third-order valence-electron chi connectivity index (χ3n) is 11.3. The van der Waals surface area contributed by atoms with Crippen molar-refractivity contribution in [2.75, 3.05) is 9.80 Å². The summed E-state index contributed by atoms with van der Waals surface area (Å²) >= 11 is 0. The van der Waals surface area contributed by atoms with E-state index in [4.69, 9.17) is 9.72 Å². The normalized spacial score (nSPS) is 13.0. The fourth-order valence-corrected chi connectivity index (χ4v) is 8.13. The molecule has 0 N–H and O–H groups in total. The molecular formula is C54H49N4OPt-3. The molecule has 1 aliphatic rings. The van der Waals surface area contributed by atoms with Gasteiger partial charge in [-0.05, 0) is 117 Å². The summed E-state index contributed by atoms with van der Waals surface area (Å²) in [6.45, 7) is 20.1. The van der Waals surface area contributed by atoms with Crippen LogP contribution in [-0.2, 0) is 31.9 Å². The Bertz CT molecular complexity index is 2870. The van der Waals surface area contributed by atoms with Crippen molar-refractivity contribution >= 4 is 33.2 Å². The Morgan fingerprint density at radius 3 is 2.03 bits per heavy atom. The molecule has 304 valence electrons. The monoisotopic (exact) mass is 964 g/mol. The van der Waals surface area contributed by atoms with Gasteiger partial charge >= 0.3 is 0 Å². The summed E-state index contributed by atoms with van der Waals surface area (Å²) in [7, 11) is 0. The van der Waals surface area contributed by atoms with Gasteiger partial charge in [-0.2, -0.15) is 12.1 Å². The zero-order valence-electron chi connectivity index (χ0n) is 35.4. The average Bonchev–Trinajstić information content (AvgIpc) is 3.84. The Morgan fingerprint density at radius 1 is 0.583 bits per heavy atom. The standard InChI is InChI=1S/C54H49N4O.Pt/c1-36-28-42(54(6,7)8)29-37(2)52(36)40-24-25-55-51(31-40)58-49-23-20-41(53(3,4)5)32-48(49)47-22-21-46(34-50(47)58)59-45-19-13-18-44(33-45)57-27-26-56(35-57)43-17-12-16-39(30-43)38-14-10-9-11-15-38;/h9-32,35H,1-8H3;/q-3;. The van der Waals surface area contributed by atoms with Crippen LogP contribution in [0.3, 0.4) is 0 Å². The second-order valence-corrected chi connectivity index (χ2v) is 17.7. The summed E-state index contributed by atoms with van der Waals surface area (Å²) in [5.41, 5.74) is 13.9. The van der Waals surface area contributed by atoms with Crippen molar-refractivity contribution in [1.82, 2.24) is 9.55 Å². The van der Waals surface area contributed by atoms with E-state index in [1.165, 1.54) is 38.9 Å². The maximum atomic E-state index is 6.57. The first kappa shape index (κ1) is 40.9. The molecule has 0 fully saturated rings. The van der Waals surface area contributed by atoms with Gasteiger partial charge in [0.2, 0.25) is 0 Å². The smallest absolute Gasteiger partial charge is 0.136 e. The number of pyridine rings is 1. The molecule has 0 radical (unpaired) electrons. The Kier molecular flexibility index (Phi) is 10.9. The fraction of sp³-hybridized carbons (Fsp3) is 0.185. The molecular weight excluding hydrogens is 916 g/mol. The third kappa shape index (κ3) is 7.91. The molecule has 3 heterocycles. The second kappa shape index (κ2) is 15.9. The number of anilines is 2. The van der Waals surface area contributed by atoms with Crippen molar-refractivity contribution in [3.8, 4) is 39.6 Å². The Balaban J connectivity index is 0.00000499. The van der Waals surface area contributed by atoms with Crippen LogP contribution in [0.1, 0.15) is 63.8 Å². The van der Waals surface area contributed by atoms with Gasteiger partial charge in [0.25, 0.3) is 0 Å². The summed E-state index contributed by atoms with van der Waals surface area (Å²) in [6, 6.07) is 52.1. The van der Waals surface area contributed by atoms with Gasteiger partial charge in [0, 0.05) is 50.0 Å². The third-order valence-corrected chi connectivity index (χ3v) is 11.3. The first-order valence-corrected chi connectivity index (χ1v) is 20.4. The summed E-state index contributed by atoms with van der Waals surface area (Å²) in [6.07, 6.45) is 6.02. The van der Waals surface area contributed by atoms with Gasteiger partial charge in [0.05, 0.1) is 0 Å². The molecule has 0 saturated carbocycles. The molecule has 1 aliphatic heterocycles. The van der Waals surface area contributed by atoms with Crippen LogP contribution in [0.2, 0.25) is 0 Å². The first-order chi connectivity index (χ1) is 28.3. The molecule has 0 spiro atoms. The molecule has 6 heteroatoms. The molecule has 8 aromatic rings. The molecule has 0 aliphatic carbocycles. The molecule has 0 bridgehead atoms. The van der Waals surface area contributed by atoms with Crippen LogP contribution < -0.4 is 14.5 Å². The minimum atomic E-state index is -0.00609. The van der Waals surface area contributed by atoms with Crippen molar-refractivity contribution in [2.24, 2.45) is 0 Å². The van der Waals surface area contributed by atoms with Gasteiger partial charge in [-0.1, -0.05) is 114 Å². The van der Waals surface area contributed by atoms with Gasteiger partial charge in [0.1, 0.15) is 5.82 Å². The van der Waals surface area contributed by atoms with E-state index in [0.29, 0.717) is 11.5 Å². The Labute approximate surface area is 369 Å². The second-order valence-electron chi connectivity index (χ2n) is 17.7. The Morgan fingerprint density at radius 2 is 1.28 bits per heavy atom. The van der Waals surface area contributed by atoms with Crippen molar-refractivity contribution in [2.45, 2.75) is 66.2 Å². The van der Waals surface area contributed by atoms with Crippen molar-refractivity contribution < 1.29 is 25.8 Å².